The van der Waals surface area contributed by atoms with E-state index in [0.717, 1.165) is 22.4 Å². The van der Waals surface area contributed by atoms with Crippen molar-refractivity contribution in [3.8, 4) is 0 Å². The molecule has 19 heavy (non-hydrogen) atoms. The highest BCUT2D eigenvalue weighted by atomic mass is 79.9. The van der Waals surface area contributed by atoms with Crippen LogP contribution < -0.4 is 5.73 Å². The van der Waals surface area contributed by atoms with E-state index in [2.05, 4.69) is 21.0 Å². The number of halogens is 1. The first kappa shape index (κ1) is 16.4. The molecular weight excluding hydrogens is 306 g/mol. The molecule has 0 unspecified atom stereocenters. The lowest BCUT2D eigenvalue weighted by Crippen LogP contribution is -2.52. The molecule has 1 rings (SSSR count). The maximum absolute atomic E-state index is 12.6. The molecule has 0 saturated heterocycles. The van der Waals surface area contributed by atoms with Crippen LogP contribution in [0.2, 0.25) is 0 Å². The van der Waals surface area contributed by atoms with Crippen molar-refractivity contribution in [3.63, 3.8) is 0 Å². The summed E-state index contributed by atoms with van der Waals surface area (Å²) in [6, 6.07) is 0. The smallest absolute Gasteiger partial charge is 0.146 e. The van der Waals surface area contributed by atoms with E-state index < -0.39 is 11.0 Å². The van der Waals surface area contributed by atoms with E-state index in [0.29, 0.717) is 6.42 Å². The second-order valence-corrected chi connectivity index (χ2v) is 6.90. The molecule has 0 aromatic carbocycles. The van der Waals surface area contributed by atoms with Gasteiger partial charge in [0.2, 0.25) is 0 Å². The van der Waals surface area contributed by atoms with Gasteiger partial charge in [0, 0.05) is 17.5 Å². The summed E-state index contributed by atoms with van der Waals surface area (Å²) in [4.78, 5) is 12.6. The van der Waals surface area contributed by atoms with Crippen LogP contribution in [-0.4, -0.2) is 21.1 Å². The van der Waals surface area contributed by atoms with Gasteiger partial charge in [0.1, 0.15) is 5.78 Å². The van der Waals surface area contributed by atoms with Gasteiger partial charge >= 0.3 is 0 Å². The Bertz CT molecular complexity index is 484. The molecule has 0 aliphatic rings. The fourth-order valence-electron chi connectivity index (χ4n) is 1.77. The number of ketones is 1. The first-order valence-corrected chi connectivity index (χ1v) is 7.35. The van der Waals surface area contributed by atoms with Crippen LogP contribution >= 0.6 is 15.9 Å². The van der Waals surface area contributed by atoms with Gasteiger partial charge in [-0.3, -0.25) is 9.48 Å². The van der Waals surface area contributed by atoms with E-state index >= 15 is 0 Å². The SMILES string of the molecule is CCn1nc(C)c(Br)c1CC(=O)C(C)(C)C(C)(C)N. The molecule has 0 aliphatic carbocycles. The first-order valence-electron chi connectivity index (χ1n) is 6.56. The molecule has 0 aliphatic heterocycles. The van der Waals surface area contributed by atoms with Crippen LogP contribution in [0.1, 0.15) is 46.0 Å². The van der Waals surface area contributed by atoms with Gasteiger partial charge in [-0.05, 0) is 43.6 Å². The molecule has 108 valence electrons. The number of aromatic nitrogens is 2. The Balaban J connectivity index is 3.07. The molecule has 4 nitrogen and oxygen atoms in total. The Morgan fingerprint density at radius 1 is 1.37 bits per heavy atom. The molecule has 0 spiro atoms. The van der Waals surface area contributed by atoms with Crippen LogP contribution in [-0.2, 0) is 17.8 Å². The van der Waals surface area contributed by atoms with Crippen molar-refractivity contribution in [1.29, 1.82) is 0 Å². The molecule has 1 aromatic heterocycles. The van der Waals surface area contributed by atoms with Gasteiger partial charge in [-0.2, -0.15) is 5.10 Å². The van der Waals surface area contributed by atoms with E-state index in [1.54, 1.807) is 0 Å². The maximum atomic E-state index is 12.6. The second-order valence-electron chi connectivity index (χ2n) is 6.11. The minimum Gasteiger partial charge on any atom is -0.325 e. The van der Waals surface area contributed by atoms with Gasteiger partial charge in [0.25, 0.3) is 0 Å². The maximum Gasteiger partial charge on any atom is 0.146 e. The fourth-order valence-corrected chi connectivity index (χ4v) is 2.19. The lowest BCUT2D eigenvalue weighted by Gasteiger charge is -2.37. The van der Waals surface area contributed by atoms with Gasteiger partial charge in [-0.1, -0.05) is 13.8 Å². The number of nitrogens with two attached hydrogens (primary N) is 1. The molecule has 0 bridgehead atoms. The summed E-state index contributed by atoms with van der Waals surface area (Å²) in [5, 5.41) is 4.41. The van der Waals surface area contributed by atoms with Gasteiger partial charge < -0.3 is 5.73 Å². The van der Waals surface area contributed by atoms with Crippen molar-refractivity contribution in [1.82, 2.24) is 9.78 Å². The van der Waals surface area contributed by atoms with Crippen molar-refractivity contribution < 1.29 is 4.79 Å². The van der Waals surface area contributed by atoms with E-state index in [9.17, 15) is 4.79 Å². The molecule has 0 saturated carbocycles. The van der Waals surface area contributed by atoms with Crippen molar-refractivity contribution in [2.75, 3.05) is 0 Å². The van der Waals surface area contributed by atoms with Crippen LogP contribution in [0.25, 0.3) is 0 Å². The predicted molar refractivity (Wildman–Crippen MR) is 81.1 cm³/mol. The van der Waals surface area contributed by atoms with Crippen LogP contribution in [0.15, 0.2) is 4.47 Å². The molecule has 1 aromatic rings. The van der Waals surface area contributed by atoms with Crippen molar-refractivity contribution >= 4 is 21.7 Å². The third-order valence-corrected chi connectivity index (χ3v) is 5.12. The monoisotopic (exact) mass is 329 g/mol. The summed E-state index contributed by atoms with van der Waals surface area (Å²) in [6.07, 6.45) is 0.350. The Morgan fingerprint density at radius 2 is 1.89 bits per heavy atom. The zero-order valence-corrected chi connectivity index (χ0v) is 14.3. The number of rotatable bonds is 5. The summed E-state index contributed by atoms with van der Waals surface area (Å²) in [5.74, 6) is 0.135. The van der Waals surface area contributed by atoms with Crippen LogP contribution in [0, 0.1) is 12.3 Å². The highest BCUT2D eigenvalue weighted by molar-refractivity contribution is 9.10. The van der Waals surface area contributed by atoms with Gasteiger partial charge in [-0.25, -0.2) is 0 Å². The van der Waals surface area contributed by atoms with Crippen LogP contribution in [0.4, 0.5) is 0 Å². The highest BCUT2D eigenvalue weighted by Crippen LogP contribution is 2.32. The zero-order chi connectivity index (χ0) is 15.0. The fraction of sp³-hybridized carbons (Fsp3) is 0.714. The molecule has 1 heterocycles. The van der Waals surface area contributed by atoms with Gasteiger partial charge in [0.15, 0.2) is 0 Å². The third kappa shape index (κ3) is 3.08. The lowest BCUT2D eigenvalue weighted by molar-refractivity contribution is -0.129. The van der Waals surface area contributed by atoms with Crippen LogP contribution in [0.5, 0.6) is 0 Å². The Kier molecular flexibility index (Phi) is 4.62. The number of hydrogen-bond donors (Lipinski definition) is 1. The number of Topliss-reactive ketones (excluding diaryl/α,β-unsaturated/α-hetero) is 1. The summed E-state index contributed by atoms with van der Waals surface area (Å²) >= 11 is 3.52. The second kappa shape index (κ2) is 5.37. The average Bonchev–Trinajstić information content (AvgIpc) is 2.55. The summed E-state index contributed by atoms with van der Waals surface area (Å²) in [6.45, 7) is 12.3. The number of nitrogens with zero attached hydrogens (tertiary/aromatic N) is 2. The summed E-state index contributed by atoms with van der Waals surface area (Å²) < 4.78 is 2.80. The van der Waals surface area contributed by atoms with Gasteiger partial charge in [-0.15, -0.1) is 0 Å². The zero-order valence-electron chi connectivity index (χ0n) is 12.7. The van der Waals surface area contributed by atoms with E-state index in [1.807, 2.05) is 46.2 Å². The standard InChI is InChI=1S/C14H24BrN3O/c1-7-18-10(12(15)9(2)17-18)8-11(19)13(3,4)14(5,6)16/h7-8,16H2,1-6H3. The number of carbonyl (C=O) groups is 1. The quantitative estimate of drug-likeness (QED) is 0.903. The molecule has 0 radical (unpaired) electrons. The van der Waals surface area contributed by atoms with Crippen LogP contribution in [0.3, 0.4) is 0 Å². The summed E-state index contributed by atoms with van der Waals surface area (Å²) in [5.41, 5.74) is 6.84. The number of carbonyl (C=O) groups excluding carboxylic acids is 1. The Hall–Kier alpha value is -0.680. The minimum absolute atomic E-state index is 0.135. The molecule has 0 atom stereocenters. The van der Waals surface area contributed by atoms with Gasteiger partial charge in [0.05, 0.1) is 22.3 Å². The first-order chi connectivity index (χ1) is 8.52. The predicted octanol–water partition coefficient (Wildman–Crippen LogP) is 2.85. The van der Waals surface area contributed by atoms with E-state index in [4.69, 9.17) is 5.73 Å². The van der Waals surface area contributed by atoms with Crippen molar-refractivity contribution in [2.45, 2.75) is 60.0 Å². The number of hydrogen-bond acceptors (Lipinski definition) is 3. The molecule has 0 fully saturated rings. The minimum atomic E-state index is -0.580. The average molecular weight is 330 g/mol. The molecule has 0 amide bonds. The third-order valence-electron chi connectivity index (χ3n) is 4.09. The molecular formula is C14H24BrN3O. The van der Waals surface area contributed by atoms with Crippen molar-refractivity contribution in [3.05, 3.63) is 15.9 Å². The molecule has 2 N–H and O–H groups in total. The lowest BCUT2D eigenvalue weighted by atomic mass is 9.71. The number of aryl methyl sites for hydroxylation is 2. The topological polar surface area (TPSA) is 60.9 Å². The Labute approximate surface area is 123 Å². The van der Waals surface area contributed by atoms with E-state index in [1.165, 1.54) is 0 Å². The largest absolute Gasteiger partial charge is 0.325 e. The Morgan fingerprint density at radius 3 is 2.32 bits per heavy atom. The highest BCUT2D eigenvalue weighted by Gasteiger charge is 2.40. The van der Waals surface area contributed by atoms with Crippen molar-refractivity contribution in [2.24, 2.45) is 11.1 Å². The molecule has 5 heteroatoms. The summed E-state index contributed by atoms with van der Waals surface area (Å²) in [7, 11) is 0. The normalized spacial score (nSPS) is 12.8. The van der Waals surface area contributed by atoms with E-state index in [-0.39, 0.29) is 5.78 Å².